The lowest BCUT2D eigenvalue weighted by atomic mass is 9.50. The van der Waals surface area contributed by atoms with Crippen molar-refractivity contribution in [1.82, 2.24) is 0 Å². The van der Waals surface area contributed by atoms with E-state index in [1.807, 2.05) is 0 Å². The van der Waals surface area contributed by atoms with Crippen molar-refractivity contribution in [2.24, 2.45) is 46.3 Å². The molecule has 0 saturated heterocycles. The number of ether oxygens (including phenoxy) is 1. The molecule has 0 radical (unpaired) electrons. The molecule has 0 spiro atoms. The van der Waals surface area contributed by atoms with Gasteiger partial charge in [-0.05, 0) is 97.7 Å². The molecule has 2 heteroatoms. The SMILES string of the molecule is CC(=O)OC1CC[C@@]2(C)C(=CC=C3[C@@H]4CC[C@H]([C@H](C)CC/C(=C\C(C)C)C(C)C)[C@@]4(C)CC[C@@H]32)C1. The fourth-order valence-electron chi connectivity index (χ4n) is 8.87. The van der Waals surface area contributed by atoms with E-state index in [0.717, 1.165) is 37.0 Å². The van der Waals surface area contributed by atoms with Gasteiger partial charge in [0.15, 0.2) is 0 Å². The minimum atomic E-state index is -0.133. The lowest BCUT2D eigenvalue weighted by Crippen LogP contribution is -2.46. The average Bonchev–Trinajstić information content (AvgIpc) is 3.13. The monoisotopic (exact) mass is 480 g/mol. The smallest absolute Gasteiger partial charge is 0.302 e. The van der Waals surface area contributed by atoms with Gasteiger partial charge in [0, 0.05) is 13.3 Å². The standard InChI is InChI=1S/C33H52O2/c1-21(2)19-25(22(3)4)10-9-23(5)29-13-14-30-28-12-11-26-20-27(35-24(6)34)15-17-32(26,7)31(28)16-18-33(29,30)8/h11-12,19,21-23,27,29-31H,9-10,13-18,20H2,1-8H3/b25-19+/t23-,27?,29-,30+,31+,32+,33-/m1/s1. The minimum absolute atomic E-state index is 0.0767. The summed E-state index contributed by atoms with van der Waals surface area (Å²) in [6, 6.07) is 0. The first-order valence-corrected chi connectivity index (χ1v) is 14.7. The second-order valence-corrected chi connectivity index (χ2v) is 13.7. The predicted molar refractivity (Wildman–Crippen MR) is 147 cm³/mol. The highest BCUT2D eigenvalue weighted by atomic mass is 16.5. The van der Waals surface area contributed by atoms with Gasteiger partial charge in [-0.15, -0.1) is 0 Å². The molecule has 2 nitrogen and oxygen atoms in total. The van der Waals surface area contributed by atoms with Crippen LogP contribution in [0.4, 0.5) is 0 Å². The molecule has 4 rings (SSSR count). The number of hydrogen-bond acceptors (Lipinski definition) is 2. The molecule has 1 unspecified atom stereocenters. The fourth-order valence-corrected chi connectivity index (χ4v) is 8.87. The van der Waals surface area contributed by atoms with Crippen LogP contribution in [0.5, 0.6) is 0 Å². The van der Waals surface area contributed by atoms with Crippen LogP contribution < -0.4 is 0 Å². The van der Waals surface area contributed by atoms with Gasteiger partial charge in [0.1, 0.15) is 6.10 Å². The zero-order valence-corrected chi connectivity index (χ0v) is 24.0. The van der Waals surface area contributed by atoms with Crippen LogP contribution in [0.25, 0.3) is 0 Å². The van der Waals surface area contributed by atoms with Crippen LogP contribution in [-0.4, -0.2) is 12.1 Å². The zero-order valence-electron chi connectivity index (χ0n) is 24.0. The highest BCUT2D eigenvalue weighted by molar-refractivity contribution is 5.66. The van der Waals surface area contributed by atoms with Gasteiger partial charge < -0.3 is 4.74 Å². The third-order valence-corrected chi connectivity index (χ3v) is 10.8. The minimum Gasteiger partial charge on any atom is -0.462 e. The Hall–Kier alpha value is -1.31. The van der Waals surface area contributed by atoms with E-state index in [4.69, 9.17) is 4.74 Å². The maximum Gasteiger partial charge on any atom is 0.302 e. The van der Waals surface area contributed by atoms with Gasteiger partial charge >= 0.3 is 5.97 Å². The third kappa shape index (κ3) is 5.10. The van der Waals surface area contributed by atoms with Crippen molar-refractivity contribution in [2.45, 2.75) is 119 Å². The van der Waals surface area contributed by atoms with Crippen LogP contribution in [0.3, 0.4) is 0 Å². The van der Waals surface area contributed by atoms with Crippen LogP contribution in [0.1, 0.15) is 113 Å². The Balaban J connectivity index is 1.49. The van der Waals surface area contributed by atoms with Crippen molar-refractivity contribution in [3.63, 3.8) is 0 Å². The summed E-state index contributed by atoms with van der Waals surface area (Å²) in [5, 5.41) is 0. The molecule has 196 valence electrons. The molecule has 4 aliphatic carbocycles. The first-order chi connectivity index (χ1) is 16.5. The number of esters is 1. The van der Waals surface area contributed by atoms with Gasteiger partial charge in [-0.2, -0.15) is 0 Å². The Kier molecular flexibility index (Phi) is 7.81. The van der Waals surface area contributed by atoms with E-state index in [1.54, 1.807) is 18.1 Å². The molecule has 0 aliphatic heterocycles. The van der Waals surface area contributed by atoms with Crippen LogP contribution in [-0.2, 0) is 9.53 Å². The van der Waals surface area contributed by atoms with Crippen molar-refractivity contribution in [3.8, 4) is 0 Å². The van der Waals surface area contributed by atoms with E-state index >= 15 is 0 Å². The van der Waals surface area contributed by atoms with Crippen LogP contribution in [0.2, 0.25) is 0 Å². The molecule has 0 aromatic carbocycles. The average molecular weight is 481 g/mol. The van der Waals surface area contributed by atoms with E-state index in [9.17, 15) is 4.79 Å². The number of hydrogen-bond donors (Lipinski definition) is 0. The van der Waals surface area contributed by atoms with Crippen LogP contribution in [0, 0.1) is 46.3 Å². The van der Waals surface area contributed by atoms with Gasteiger partial charge in [-0.1, -0.05) is 83.4 Å². The molecule has 0 aromatic heterocycles. The number of carbonyl (C=O) groups excluding carboxylic acids is 1. The number of fused-ring (bicyclic) bond motifs is 5. The molecule has 3 fully saturated rings. The van der Waals surface area contributed by atoms with E-state index < -0.39 is 0 Å². The first-order valence-electron chi connectivity index (χ1n) is 14.7. The molecule has 3 saturated carbocycles. The van der Waals surface area contributed by atoms with Crippen LogP contribution in [0.15, 0.2) is 34.9 Å². The Labute approximate surface area is 216 Å². The van der Waals surface area contributed by atoms with E-state index in [1.165, 1.54) is 44.1 Å². The molecular weight excluding hydrogens is 428 g/mol. The molecule has 4 aliphatic rings. The van der Waals surface area contributed by atoms with Crippen LogP contribution >= 0.6 is 0 Å². The predicted octanol–water partition coefficient (Wildman–Crippen LogP) is 9.07. The molecule has 0 aromatic rings. The summed E-state index contributed by atoms with van der Waals surface area (Å²) in [5.74, 6) is 4.26. The van der Waals surface area contributed by atoms with E-state index in [0.29, 0.717) is 23.2 Å². The molecule has 0 heterocycles. The highest BCUT2D eigenvalue weighted by Crippen LogP contribution is 2.66. The van der Waals surface area contributed by atoms with Gasteiger partial charge in [-0.25, -0.2) is 0 Å². The second-order valence-electron chi connectivity index (χ2n) is 13.7. The summed E-state index contributed by atoms with van der Waals surface area (Å²) < 4.78 is 5.62. The summed E-state index contributed by atoms with van der Waals surface area (Å²) in [5.41, 5.74) is 5.69. The van der Waals surface area contributed by atoms with Crippen molar-refractivity contribution < 1.29 is 9.53 Å². The summed E-state index contributed by atoms with van der Waals surface area (Å²) in [4.78, 5) is 11.5. The van der Waals surface area contributed by atoms with Crippen molar-refractivity contribution in [2.75, 3.05) is 0 Å². The quantitative estimate of drug-likeness (QED) is 0.268. The topological polar surface area (TPSA) is 26.3 Å². The maximum atomic E-state index is 11.5. The summed E-state index contributed by atoms with van der Waals surface area (Å²) >= 11 is 0. The third-order valence-electron chi connectivity index (χ3n) is 10.8. The Morgan fingerprint density at radius 3 is 2.43 bits per heavy atom. The lowest BCUT2D eigenvalue weighted by molar-refractivity contribution is -0.148. The molecule has 0 N–H and O–H groups in total. The van der Waals surface area contributed by atoms with Crippen molar-refractivity contribution >= 4 is 5.97 Å². The number of allylic oxidation sites excluding steroid dienone is 5. The van der Waals surface area contributed by atoms with Crippen molar-refractivity contribution in [1.29, 1.82) is 0 Å². The largest absolute Gasteiger partial charge is 0.462 e. The second kappa shape index (κ2) is 10.2. The fraction of sp³-hybridized carbons (Fsp3) is 0.788. The number of rotatable bonds is 7. The molecule has 35 heavy (non-hydrogen) atoms. The van der Waals surface area contributed by atoms with Gasteiger partial charge in [0.2, 0.25) is 0 Å². The van der Waals surface area contributed by atoms with E-state index in [2.05, 4.69) is 66.7 Å². The van der Waals surface area contributed by atoms with Gasteiger partial charge in [-0.3, -0.25) is 4.79 Å². The van der Waals surface area contributed by atoms with E-state index in [-0.39, 0.29) is 17.5 Å². The lowest BCUT2D eigenvalue weighted by Gasteiger charge is -2.55. The molecule has 0 amide bonds. The van der Waals surface area contributed by atoms with Gasteiger partial charge in [0.25, 0.3) is 0 Å². The van der Waals surface area contributed by atoms with Gasteiger partial charge in [0.05, 0.1) is 0 Å². The maximum absolute atomic E-state index is 11.5. The Morgan fingerprint density at radius 1 is 1.03 bits per heavy atom. The Morgan fingerprint density at radius 2 is 1.77 bits per heavy atom. The first kappa shape index (κ1) is 26.7. The summed E-state index contributed by atoms with van der Waals surface area (Å²) in [7, 11) is 0. The summed E-state index contributed by atoms with van der Waals surface area (Å²) in [6.07, 6.45) is 18.8. The normalized spacial score (nSPS) is 37.8. The van der Waals surface area contributed by atoms with Crippen molar-refractivity contribution in [3.05, 3.63) is 34.9 Å². The Bertz CT molecular complexity index is 889. The summed E-state index contributed by atoms with van der Waals surface area (Å²) in [6.45, 7) is 18.6. The zero-order chi connectivity index (χ0) is 25.5. The molecule has 0 bridgehead atoms. The number of carbonyl (C=O) groups is 1. The highest BCUT2D eigenvalue weighted by Gasteiger charge is 2.57. The molecule has 7 atom stereocenters. The molecular formula is C33H52O2.